The van der Waals surface area contributed by atoms with Gasteiger partial charge in [-0.2, -0.15) is 0 Å². The summed E-state index contributed by atoms with van der Waals surface area (Å²) < 4.78 is 10.3. The molecule has 1 aliphatic heterocycles. The second kappa shape index (κ2) is 10.5. The third-order valence-electron chi connectivity index (χ3n) is 4.79. The summed E-state index contributed by atoms with van der Waals surface area (Å²) in [6, 6.07) is -3.97. The summed E-state index contributed by atoms with van der Waals surface area (Å²) in [5.41, 5.74) is 9.14. The van der Waals surface area contributed by atoms with Gasteiger partial charge in [0.15, 0.2) is 18.6 Å². The Bertz CT molecular complexity index is 947. The maximum Gasteiger partial charge on any atom is 0.404 e. The lowest BCUT2D eigenvalue weighted by atomic mass is 10.0. The van der Waals surface area contributed by atoms with Crippen LogP contribution in [0, 0.1) is 0 Å². The number of aliphatic hydroxyl groups excluding tert-OH is 4. The van der Waals surface area contributed by atoms with Crippen molar-refractivity contribution in [3.63, 3.8) is 0 Å². The van der Waals surface area contributed by atoms with E-state index in [-0.39, 0.29) is 5.69 Å². The molecule has 1 aromatic heterocycles. The minimum absolute atomic E-state index is 0.185. The van der Waals surface area contributed by atoms with E-state index in [1.54, 1.807) is 0 Å². The van der Waals surface area contributed by atoms with Gasteiger partial charge < -0.3 is 56.8 Å². The number of carboxylic acids is 1. The first kappa shape index (κ1) is 25.9. The van der Waals surface area contributed by atoms with E-state index in [9.17, 15) is 49.5 Å². The number of amides is 2. The van der Waals surface area contributed by atoms with E-state index in [1.165, 1.54) is 0 Å². The molecule has 1 fully saturated rings. The second-order valence-corrected chi connectivity index (χ2v) is 7.05. The van der Waals surface area contributed by atoms with Crippen LogP contribution in [0.4, 0.5) is 4.79 Å². The molecule has 0 bridgehead atoms. The number of carbonyl (C=O) groups is 4. The van der Waals surface area contributed by atoms with Crippen molar-refractivity contribution in [2.75, 3.05) is 6.61 Å². The molecule has 8 atom stereocenters. The molecule has 1 aromatic rings. The monoisotopic (exact) mass is 477 g/mol. The summed E-state index contributed by atoms with van der Waals surface area (Å²) in [6.45, 7) is -0.813. The van der Waals surface area contributed by atoms with Gasteiger partial charge in [0.2, 0.25) is 5.91 Å². The fourth-order valence-corrected chi connectivity index (χ4v) is 3.06. The number of ether oxygens (including phenoxy) is 2. The Labute approximate surface area is 183 Å². The van der Waals surface area contributed by atoms with Crippen LogP contribution >= 0.6 is 0 Å². The summed E-state index contributed by atoms with van der Waals surface area (Å²) in [7, 11) is 0. The average Bonchev–Trinajstić information content (AvgIpc) is 3.27. The van der Waals surface area contributed by atoms with E-state index in [1.807, 2.05) is 5.32 Å². The third kappa shape index (κ3) is 5.72. The number of rotatable bonds is 10. The molecule has 184 valence electrons. The van der Waals surface area contributed by atoms with Gasteiger partial charge in [-0.1, -0.05) is 0 Å². The highest BCUT2D eigenvalue weighted by Crippen LogP contribution is 2.30. The number of nitrogens with two attached hydrogens (primary N) is 2. The zero-order chi connectivity index (χ0) is 25.0. The van der Waals surface area contributed by atoms with Gasteiger partial charge in [0, 0.05) is 6.20 Å². The lowest BCUT2D eigenvalue weighted by Gasteiger charge is -2.27. The van der Waals surface area contributed by atoms with Gasteiger partial charge in [0.25, 0.3) is 0 Å². The molecule has 2 amide bonds. The lowest BCUT2D eigenvalue weighted by Crippen LogP contribution is -2.60. The van der Waals surface area contributed by atoms with Gasteiger partial charge in [-0.05, 0) is 0 Å². The fourth-order valence-electron chi connectivity index (χ4n) is 3.06. The molecule has 11 N–H and O–H groups in total. The number of aldehydes is 1. The predicted molar refractivity (Wildman–Crippen MR) is 101 cm³/mol. The summed E-state index contributed by atoms with van der Waals surface area (Å²) in [5, 5.41) is 51.5. The highest BCUT2D eigenvalue weighted by Gasteiger charge is 2.50. The van der Waals surface area contributed by atoms with Crippen molar-refractivity contribution in [2.24, 2.45) is 11.5 Å². The van der Waals surface area contributed by atoms with Crippen molar-refractivity contribution in [3.8, 4) is 0 Å². The minimum atomic E-state index is -2.04. The largest absolute Gasteiger partial charge is 0.480 e. The van der Waals surface area contributed by atoms with Crippen LogP contribution in [0.5, 0.6) is 0 Å². The molecule has 0 radical (unpaired) electrons. The number of imidazole rings is 1. The number of nitrogens with one attached hydrogen (secondary N) is 2. The number of aromatic nitrogens is 2. The number of hydrogen-bond donors (Lipinski definition) is 9. The molecule has 17 heteroatoms. The van der Waals surface area contributed by atoms with Gasteiger partial charge >= 0.3 is 17.8 Å². The quantitative estimate of drug-likeness (QED) is 0.142. The van der Waals surface area contributed by atoms with Crippen LogP contribution in [-0.2, 0) is 19.1 Å². The zero-order valence-electron chi connectivity index (χ0n) is 16.7. The van der Waals surface area contributed by atoms with Crippen molar-refractivity contribution in [3.05, 3.63) is 22.4 Å². The standard InChI is InChI=1S/C16H23N5O12/c17-6(8(24)5(23)3-32-15(18)30)12(27)20-7(14(28)29)11-9(25)10(26)13(33-11)21-1-4(2-22)19-16(21)31/h1-2,5-11,13,23-26H,3,17H2,(H2,18,30)(H,19,31)(H,20,27)(H,28,29). The van der Waals surface area contributed by atoms with E-state index in [2.05, 4.69) is 9.72 Å². The smallest absolute Gasteiger partial charge is 0.404 e. The maximum absolute atomic E-state index is 12.3. The topological polar surface area (TPSA) is 290 Å². The molecule has 0 saturated carbocycles. The Hall–Kier alpha value is -3.35. The highest BCUT2D eigenvalue weighted by molar-refractivity contribution is 5.87. The molecule has 1 saturated heterocycles. The van der Waals surface area contributed by atoms with Crippen molar-refractivity contribution in [2.45, 2.75) is 48.8 Å². The number of aliphatic hydroxyl groups is 4. The van der Waals surface area contributed by atoms with Crippen molar-refractivity contribution in [1.82, 2.24) is 14.9 Å². The molecule has 2 rings (SSSR count). The number of nitrogens with zero attached hydrogens (tertiary/aromatic N) is 1. The van der Waals surface area contributed by atoms with Gasteiger partial charge in [-0.3, -0.25) is 14.2 Å². The molecule has 0 spiro atoms. The first-order valence-electron chi connectivity index (χ1n) is 9.24. The van der Waals surface area contributed by atoms with Gasteiger partial charge in [0.05, 0.1) is 5.69 Å². The molecule has 0 aromatic carbocycles. The van der Waals surface area contributed by atoms with Crippen LogP contribution in [0.3, 0.4) is 0 Å². The van der Waals surface area contributed by atoms with Crippen LogP contribution in [0.1, 0.15) is 16.7 Å². The van der Waals surface area contributed by atoms with Gasteiger partial charge in [-0.25, -0.2) is 14.4 Å². The van der Waals surface area contributed by atoms with Gasteiger partial charge in [-0.15, -0.1) is 0 Å². The lowest BCUT2D eigenvalue weighted by molar-refractivity contribution is -0.150. The van der Waals surface area contributed by atoms with Crippen molar-refractivity contribution < 1.29 is 54.2 Å². The minimum Gasteiger partial charge on any atom is -0.480 e. The predicted octanol–water partition coefficient (Wildman–Crippen LogP) is -5.68. The SMILES string of the molecule is NC(=O)OCC(O)C(O)C(N)C(=O)NC(C(=O)O)C1OC(n2cc(C=O)[nH]c2=O)C(O)C1O. The second-order valence-electron chi connectivity index (χ2n) is 7.05. The number of H-pyrrole nitrogens is 1. The molecule has 33 heavy (non-hydrogen) atoms. The Morgan fingerprint density at radius 2 is 1.94 bits per heavy atom. The summed E-state index contributed by atoms with van der Waals surface area (Å²) in [6.07, 6.45) is -11.1. The number of hydrogen-bond acceptors (Lipinski definition) is 12. The number of aromatic amines is 1. The van der Waals surface area contributed by atoms with Crippen LogP contribution in [-0.4, -0.2) is 109 Å². The zero-order valence-corrected chi connectivity index (χ0v) is 16.7. The summed E-state index contributed by atoms with van der Waals surface area (Å²) in [5.74, 6) is -3.06. The van der Waals surface area contributed by atoms with E-state index >= 15 is 0 Å². The molecule has 8 unspecified atom stereocenters. The molecular weight excluding hydrogens is 454 g/mol. The van der Waals surface area contributed by atoms with Crippen LogP contribution in [0.2, 0.25) is 0 Å². The van der Waals surface area contributed by atoms with Crippen LogP contribution in [0.15, 0.2) is 11.0 Å². The molecule has 1 aliphatic rings. The van der Waals surface area contributed by atoms with E-state index in [0.717, 1.165) is 6.20 Å². The Morgan fingerprint density at radius 3 is 2.45 bits per heavy atom. The molecule has 17 nitrogen and oxygen atoms in total. The first-order chi connectivity index (χ1) is 15.4. The number of primary amides is 1. The summed E-state index contributed by atoms with van der Waals surface area (Å²) >= 11 is 0. The van der Waals surface area contributed by atoms with E-state index in [0.29, 0.717) is 10.9 Å². The highest BCUT2D eigenvalue weighted by atomic mass is 16.6. The van der Waals surface area contributed by atoms with Crippen molar-refractivity contribution in [1.29, 1.82) is 0 Å². The van der Waals surface area contributed by atoms with E-state index < -0.39 is 79.1 Å². The van der Waals surface area contributed by atoms with Crippen LogP contribution < -0.4 is 22.5 Å². The van der Waals surface area contributed by atoms with Crippen molar-refractivity contribution >= 4 is 24.3 Å². The Kier molecular flexibility index (Phi) is 8.25. The number of carboxylic acid groups (broad SMARTS) is 1. The van der Waals surface area contributed by atoms with Gasteiger partial charge in [0.1, 0.15) is 43.2 Å². The fraction of sp³-hybridized carbons (Fsp3) is 0.562. The average molecular weight is 477 g/mol. The Morgan fingerprint density at radius 1 is 1.30 bits per heavy atom. The summed E-state index contributed by atoms with van der Waals surface area (Å²) in [4.78, 5) is 59.5. The molecule has 0 aliphatic carbocycles. The first-order valence-corrected chi connectivity index (χ1v) is 9.24. The Balaban J connectivity index is 2.15. The number of aliphatic carboxylic acids is 1. The number of carbonyl (C=O) groups excluding carboxylic acids is 3. The molecule has 2 heterocycles. The normalized spacial score (nSPS) is 26.1. The third-order valence-corrected chi connectivity index (χ3v) is 4.79. The molecular formula is C16H23N5O12. The van der Waals surface area contributed by atoms with E-state index in [4.69, 9.17) is 16.2 Å². The maximum atomic E-state index is 12.3. The van der Waals surface area contributed by atoms with Crippen LogP contribution in [0.25, 0.3) is 0 Å².